The number of sulfonamides is 1. The monoisotopic (exact) mass is 433 g/mol. The number of nitrogens with zero attached hydrogens (tertiary/aromatic N) is 2. The van der Waals surface area contributed by atoms with E-state index in [9.17, 15) is 26.4 Å². The van der Waals surface area contributed by atoms with Crippen molar-refractivity contribution in [2.24, 2.45) is 5.10 Å². The molecule has 1 amide bonds. The van der Waals surface area contributed by atoms with Gasteiger partial charge in [-0.15, -0.1) is 0 Å². The van der Waals surface area contributed by atoms with E-state index in [1.165, 1.54) is 30.3 Å². The van der Waals surface area contributed by atoms with Crippen molar-refractivity contribution in [1.82, 2.24) is 5.43 Å². The number of rotatable bonds is 6. The van der Waals surface area contributed by atoms with Crippen LogP contribution in [0.1, 0.15) is 11.1 Å². The fourth-order valence-corrected chi connectivity index (χ4v) is 3.40. The highest BCUT2D eigenvalue weighted by atomic mass is 35.5. The number of amides is 1. The van der Waals surface area contributed by atoms with Crippen LogP contribution in [0.15, 0.2) is 53.6 Å². The quantitative estimate of drug-likeness (QED) is 0.561. The van der Waals surface area contributed by atoms with Gasteiger partial charge in [0.2, 0.25) is 10.0 Å². The lowest BCUT2D eigenvalue weighted by Gasteiger charge is -2.22. The van der Waals surface area contributed by atoms with E-state index < -0.39 is 34.2 Å². The minimum Gasteiger partial charge on any atom is -0.271 e. The predicted molar refractivity (Wildman–Crippen MR) is 101 cm³/mol. The molecule has 0 aromatic heterocycles. The number of anilines is 1. The fourth-order valence-electron chi connectivity index (χ4n) is 2.24. The molecule has 0 atom stereocenters. The summed E-state index contributed by atoms with van der Waals surface area (Å²) in [6, 6.07) is 10.7. The summed E-state index contributed by atoms with van der Waals surface area (Å²) in [7, 11) is -3.85. The van der Waals surface area contributed by atoms with Gasteiger partial charge in [0.05, 0.1) is 28.7 Å². The van der Waals surface area contributed by atoms with Gasteiger partial charge in [-0.1, -0.05) is 41.9 Å². The highest BCUT2D eigenvalue weighted by Gasteiger charge is 2.32. The van der Waals surface area contributed by atoms with E-state index in [4.69, 9.17) is 11.6 Å². The number of nitrogens with one attached hydrogen (secondary N) is 1. The Bertz CT molecular complexity index is 994. The molecule has 0 radical (unpaired) electrons. The Hall–Kier alpha value is -2.59. The maximum atomic E-state index is 12.9. The van der Waals surface area contributed by atoms with Crippen LogP contribution in [0.2, 0.25) is 5.02 Å². The topological polar surface area (TPSA) is 78.8 Å². The maximum Gasteiger partial charge on any atom is 0.417 e. The first-order chi connectivity index (χ1) is 13.0. The number of hydrogen-bond acceptors (Lipinski definition) is 4. The molecule has 2 rings (SSSR count). The van der Waals surface area contributed by atoms with Gasteiger partial charge in [-0.25, -0.2) is 13.8 Å². The standard InChI is InChI=1S/C17H15ClF3N3O3S/c1-28(26,27)24(15-9-5-4-8-14(15)18)11-16(25)23-22-10-12-6-2-3-7-13(12)17(19,20)21/h2-10H,11H2,1H3,(H,23,25)/b22-10-. The van der Waals surface area contributed by atoms with E-state index in [1.54, 1.807) is 12.1 Å². The van der Waals surface area contributed by atoms with Crippen molar-refractivity contribution in [3.63, 3.8) is 0 Å². The fraction of sp³-hybridized carbons (Fsp3) is 0.176. The SMILES string of the molecule is CS(=O)(=O)N(CC(=O)N/N=C\c1ccccc1C(F)(F)F)c1ccccc1Cl. The van der Waals surface area contributed by atoms with Crippen molar-refractivity contribution in [1.29, 1.82) is 0 Å². The van der Waals surface area contributed by atoms with Crippen LogP contribution >= 0.6 is 11.6 Å². The number of benzene rings is 2. The highest BCUT2D eigenvalue weighted by molar-refractivity contribution is 7.92. The normalized spacial score (nSPS) is 12.2. The van der Waals surface area contributed by atoms with Gasteiger partial charge in [-0.2, -0.15) is 18.3 Å². The number of carbonyl (C=O) groups is 1. The zero-order valence-electron chi connectivity index (χ0n) is 14.4. The summed E-state index contributed by atoms with van der Waals surface area (Å²) in [5.74, 6) is -0.855. The molecule has 0 saturated heterocycles. The summed E-state index contributed by atoms with van der Waals surface area (Å²) in [4.78, 5) is 12.1. The molecule has 28 heavy (non-hydrogen) atoms. The molecule has 150 valence electrons. The van der Waals surface area contributed by atoms with E-state index in [0.29, 0.717) is 0 Å². The van der Waals surface area contributed by atoms with Crippen LogP contribution in [-0.4, -0.2) is 33.3 Å². The zero-order valence-corrected chi connectivity index (χ0v) is 16.0. The maximum absolute atomic E-state index is 12.9. The zero-order chi connectivity index (χ0) is 20.9. The number of para-hydroxylation sites is 1. The van der Waals surface area contributed by atoms with Crippen LogP contribution < -0.4 is 9.73 Å². The summed E-state index contributed by atoms with van der Waals surface area (Å²) in [5.41, 5.74) is 0.943. The van der Waals surface area contributed by atoms with Gasteiger partial charge in [0, 0.05) is 5.56 Å². The third-order valence-electron chi connectivity index (χ3n) is 3.47. The molecule has 2 aromatic rings. The predicted octanol–water partition coefficient (Wildman–Crippen LogP) is 3.28. The van der Waals surface area contributed by atoms with E-state index in [0.717, 1.165) is 22.8 Å². The van der Waals surface area contributed by atoms with Crippen molar-refractivity contribution in [3.05, 3.63) is 64.7 Å². The Morgan fingerprint density at radius 1 is 1.18 bits per heavy atom. The molecule has 0 heterocycles. The molecule has 0 bridgehead atoms. The van der Waals surface area contributed by atoms with Crippen LogP contribution in [0.4, 0.5) is 18.9 Å². The highest BCUT2D eigenvalue weighted by Crippen LogP contribution is 2.31. The Morgan fingerprint density at radius 3 is 2.39 bits per heavy atom. The van der Waals surface area contributed by atoms with Crippen LogP contribution in [-0.2, 0) is 21.0 Å². The van der Waals surface area contributed by atoms with Gasteiger partial charge < -0.3 is 0 Å². The summed E-state index contributed by atoms with van der Waals surface area (Å²) in [6.45, 7) is -0.652. The lowest BCUT2D eigenvalue weighted by Crippen LogP contribution is -2.39. The minimum absolute atomic E-state index is 0.0909. The minimum atomic E-state index is -4.58. The third kappa shape index (κ3) is 5.70. The first kappa shape index (κ1) is 21.7. The average molecular weight is 434 g/mol. The van der Waals surface area contributed by atoms with Gasteiger partial charge >= 0.3 is 6.18 Å². The van der Waals surface area contributed by atoms with Gasteiger partial charge in [0.25, 0.3) is 5.91 Å². The molecule has 0 spiro atoms. The molecule has 0 saturated carbocycles. The molecule has 0 aliphatic carbocycles. The van der Waals surface area contributed by atoms with Crippen molar-refractivity contribution >= 4 is 39.4 Å². The van der Waals surface area contributed by atoms with Crippen LogP contribution in [0.3, 0.4) is 0 Å². The van der Waals surface area contributed by atoms with Crippen LogP contribution in [0.5, 0.6) is 0 Å². The van der Waals surface area contributed by atoms with Gasteiger partial charge in [-0.3, -0.25) is 9.10 Å². The molecule has 0 aliphatic rings. The molecule has 6 nitrogen and oxygen atoms in total. The van der Waals surface area contributed by atoms with Gasteiger partial charge in [0.15, 0.2) is 0 Å². The smallest absolute Gasteiger partial charge is 0.271 e. The summed E-state index contributed by atoms with van der Waals surface area (Å²) < 4.78 is 63.5. The Morgan fingerprint density at radius 2 is 1.79 bits per heavy atom. The second-order valence-corrected chi connectivity index (χ2v) is 7.91. The van der Waals surface area contributed by atoms with Crippen molar-refractivity contribution < 1.29 is 26.4 Å². The number of hydrogen-bond donors (Lipinski definition) is 1. The summed E-state index contributed by atoms with van der Waals surface area (Å²) in [5, 5.41) is 3.60. The van der Waals surface area contributed by atoms with E-state index in [-0.39, 0.29) is 16.3 Å². The van der Waals surface area contributed by atoms with Gasteiger partial charge in [-0.05, 0) is 18.2 Å². The van der Waals surface area contributed by atoms with Crippen molar-refractivity contribution in [2.75, 3.05) is 17.1 Å². The lowest BCUT2D eigenvalue weighted by atomic mass is 10.1. The van der Waals surface area contributed by atoms with E-state index in [1.807, 2.05) is 5.43 Å². The Balaban J connectivity index is 2.15. The second kappa shape index (κ2) is 8.61. The Labute approximate surface area is 164 Å². The number of hydrazone groups is 1. The largest absolute Gasteiger partial charge is 0.417 e. The van der Waals surface area contributed by atoms with Crippen molar-refractivity contribution in [3.8, 4) is 0 Å². The molecular weight excluding hydrogens is 419 g/mol. The van der Waals surface area contributed by atoms with E-state index >= 15 is 0 Å². The number of alkyl halides is 3. The molecule has 1 N–H and O–H groups in total. The van der Waals surface area contributed by atoms with Crippen LogP contribution in [0, 0.1) is 0 Å². The van der Waals surface area contributed by atoms with Crippen LogP contribution in [0.25, 0.3) is 0 Å². The first-order valence-corrected chi connectivity index (χ1v) is 9.93. The Kier molecular flexibility index (Phi) is 6.68. The third-order valence-corrected chi connectivity index (χ3v) is 4.91. The first-order valence-electron chi connectivity index (χ1n) is 7.70. The second-order valence-electron chi connectivity index (χ2n) is 5.60. The molecular formula is C17H15ClF3N3O3S. The number of halogens is 4. The molecule has 0 unspecified atom stereocenters. The molecule has 11 heteroatoms. The molecule has 2 aromatic carbocycles. The summed E-state index contributed by atoms with van der Waals surface area (Å²) in [6.07, 6.45) is -2.85. The summed E-state index contributed by atoms with van der Waals surface area (Å²) >= 11 is 5.98. The van der Waals surface area contributed by atoms with Gasteiger partial charge in [0.1, 0.15) is 6.54 Å². The average Bonchev–Trinajstić information content (AvgIpc) is 2.59. The number of carbonyl (C=O) groups excluding carboxylic acids is 1. The lowest BCUT2D eigenvalue weighted by molar-refractivity contribution is -0.137. The van der Waals surface area contributed by atoms with E-state index in [2.05, 4.69) is 5.10 Å². The molecule has 0 fully saturated rings. The molecule has 0 aliphatic heterocycles. The van der Waals surface area contributed by atoms with Crippen molar-refractivity contribution in [2.45, 2.75) is 6.18 Å².